The van der Waals surface area contributed by atoms with Gasteiger partial charge in [0.05, 0.1) is 10.8 Å². The van der Waals surface area contributed by atoms with Gasteiger partial charge in [-0.3, -0.25) is 10.2 Å². The summed E-state index contributed by atoms with van der Waals surface area (Å²) in [6.07, 6.45) is 3.02. The highest BCUT2D eigenvalue weighted by Crippen LogP contribution is 2.24. The SMILES string of the molecule is CCCCN(C)C(=O)NNC(=O)[C@@H]1CCCN(S(=O)(=O)c2ccc(C)cc2)C1. The topological polar surface area (TPSA) is 98.8 Å². The Hall–Kier alpha value is -2.13. The number of hydrazine groups is 1. The Morgan fingerprint density at radius 3 is 2.54 bits per heavy atom. The molecule has 1 saturated heterocycles. The molecule has 1 fully saturated rings. The van der Waals surface area contributed by atoms with E-state index < -0.39 is 15.9 Å². The number of sulfonamides is 1. The van der Waals surface area contributed by atoms with Crippen molar-refractivity contribution in [3.05, 3.63) is 29.8 Å². The molecular weight excluding hydrogens is 380 g/mol. The van der Waals surface area contributed by atoms with Crippen molar-refractivity contribution >= 4 is 22.0 Å². The number of nitrogens with one attached hydrogen (secondary N) is 2. The van der Waals surface area contributed by atoms with Gasteiger partial charge >= 0.3 is 6.03 Å². The Morgan fingerprint density at radius 2 is 1.89 bits per heavy atom. The number of unbranched alkanes of at least 4 members (excludes halogenated alkanes) is 1. The van der Waals surface area contributed by atoms with E-state index in [1.54, 1.807) is 31.3 Å². The number of rotatable bonds is 6. The van der Waals surface area contributed by atoms with Crippen LogP contribution in [0.3, 0.4) is 0 Å². The van der Waals surface area contributed by atoms with Crippen molar-refractivity contribution in [2.75, 3.05) is 26.7 Å². The van der Waals surface area contributed by atoms with Gasteiger partial charge in [0.2, 0.25) is 15.9 Å². The van der Waals surface area contributed by atoms with Crippen molar-refractivity contribution in [1.82, 2.24) is 20.1 Å². The second-order valence-electron chi connectivity index (χ2n) is 7.21. The molecule has 28 heavy (non-hydrogen) atoms. The third-order valence-corrected chi connectivity index (χ3v) is 6.78. The number of amides is 3. The lowest BCUT2D eigenvalue weighted by Gasteiger charge is -2.31. The molecule has 1 aliphatic rings. The minimum absolute atomic E-state index is 0.101. The molecule has 0 radical (unpaired) electrons. The summed E-state index contributed by atoms with van der Waals surface area (Å²) >= 11 is 0. The van der Waals surface area contributed by atoms with Crippen LogP contribution < -0.4 is 10.9 Å². The van der Waals surface area contributed by atoms with E-state index in [1.807, 2.05) is 13.8 Å². The van der Waals surface area contributed by atoms with Gasteiger partial charge in [-0.1, -0.05) is 31.0 Å². The molecule has 9 heteroatoms. The number of urea groups is 1. The van der Waals surface area contributed by atoms with E-state index in [9.17, 15) is 18.0 Å². The summed E-state index contributed by atoms with van der Waals surface area (Å²) in [7, 11) is -1.98. The van der Waals surface area contributed by atoms with Crippen LogP contribution in [0, 0.1) is 12.8 Å². The summed E-state index contributed by atoms with van der Waals surface area (Å²) in [6, 6.07) is 6.29. The number of hydrogen-bond acceptors (Lipinski definition) is 4. The van der Waals surface area contributed by atoms with Crippen LogP contribution in [0.15, 0.2) is 29.2 Å². The number of aryl methyl sites for hydroxylation is 1. The number of hydrogen-bond donors (Lipinski definition) is 2. The Labute approximate surface area is 167 Å². The number of carbonyl (C=O) groups is 2. The van der Waals surface area contributed by atoms with Crippen LogP contribution in [0.1, 0.15) is 38.2 Å². The molecule has 0 aliphatic carbocycles. The first-order chi connectivity index (χ1) is 13.3. The maximum Gasteiger partial charge on any atom is 0.335 e. The summed E-state index contributed by atoms with van der Waals surface area (Å²) in [6.45, 7) is 5.01. The molecule has 1 aromatic rings. The molecular formula is C19H30N4O4S. The highest BCUT2D eigenvalue weighted by atomic mass is 32.2. The summed E-state index contributed by atoms with van der Waals surface area (Å²) in [5.74, 6) is -0.878. The van der Waals surface area contributed by atoms with E-state index >= 15 is 0 Å². The first-order valence-corrected chi connectivity index (χ1v) is 11.1. The largest absolute Gasteiger partial charge is 0.335 e. The number of nitrogens with zero attached hydrogens (tertiary/aromatic N) is 2. The Morgan fingerprint density at radius 1 is 1.21 bits per heavy atom. The monoisotopic (exact) mass is 410 g/mol. The summed E-state index contributed by atoms with van der Waals surface area (Å²) < 4.78 is 27.0. The van der Waals surface area contributed by atoms with Crippen LogP contribution in [0.5, 0.6) is 0 Å². The van der Waals surface area contributed by atoms with Crippen molar-refractivity contribution in [3.8, 4) is 0 Å². The molecule has 0 unspecified atom stereocenters. The average Bonchev–Trinajstić information content (AvgIpc) is 2.70. The van der Waals surface area contributed by atoms with Crippen molar-refractivity contribution in [2.45, 2.75) is 44.4 Å². The molecule has 0 spiro atoms. The molecule has 2 rings (SSSR count). The van der Waals surface area contributed by atoms with Crippen molar-refractivity contribution in [2.24, 2.45) is 5.92 Å². The fraction of sp³-hybridized carbons (Fsp3) is 0.579. The average molecular weight is 411 g/mol. The lowest BCUT2D eigenvalue weighted by Crippen LogP contribution is -2.52. The van der Waals surface area contributed by atoms with Gasteiger partial charge in [0.1, 0.15) is 0 Å². The minimum atomic E-state index is -3.64. The third-order valence-electron chi connectivity index (χ3n) is 4.90. The number of benzene rings is 1. The van der Waals surface area contributed by atoms with Crippen LogP contribution in [0.4, 0.5) is 4.79 Å². The molecule has 0 aromatic heterocycles. The second-order valence-corrected chi connectivity index (χ2v) is 9.15. The Balaban J connectivity index is 1.94. The van der Waals surface area contributed by atoms with E-state index in [4.69, 9.17) is 0 Å². The molecule has 1 aromatic carbocycles. The highest BCUT2D eigenvalue weighted by Gasteiger charge is 2.33. The zero-order chi connectivity index (χ0) is 20.7. The Kier molecular flexibility index (Phi) is 7.82. The van der Waals surface area contributed by atoms with Crippen LogP contribution in [-0.2, 0) is 14.8 Å². The molecule has 3 amide bonds. The van der Waals surface area contributed by atoms with E-state index in [-0.39, 0.29) is 23.4 Å². The summed E-state index contributed by atoms with van der Waals surface area (Å²) in [5.41, 5.74) is 5.81. The Bertz CT molecular complexity index is 780. The van der Waals surface area contributed by atoms with Crippen LogP contribution in [-0.4, -0.2) is 56.2 Å². The zero-order valence-electron chi connectivity index (χ0n) is 16.8. The van der Waals surface area contributed by atoms with Gasteiger partial charge in [0.25, 0.3) is 0 Å². The van der Waals surface area contributed by atoms with E-state index in [0.29, 0.717) is 25.9 Å². The highest BCUT2D eigenvalue weighted by molar-refractivity contribution is 7.89. The number of piperidine rings is 1. The summed E-state index contributed by atoms with van der Waals surface area (Å²) in [5, 5.41) is 0. The molecule has 156 valence electrons. The van der Waals surface area contributed by atoms with Gasteiger partial charge in [0, 0.05) is 26.7 Å². The fourth-order valence-corrected chi connectivity index (χ4v) is 4.57. The molecule has 2 N–H and O–H groups in total. The molecule has 0 saturated carbocycles. The summed E-state index contributed by atoms with van der Waals surface area (Å²) in [4.78, 5) is 26.1. The van der Waals surface area contributed by atoms with Crippen molar-refractivity contribution < 1.29 is 18.0 Å². The molecule has 1 atom stereocenters. The van der Waals surface area contributed by atoms with Gasteiger partial charge in [-0.15, -0.1) is 0 Å². The van der Waals surface area contributed by atoms with Crippen LogP contribution >= 0.6 is 0 Å². The minimum Gasteiger partial charge on any atom is -0.326 e. The van der Waals surface area contributed by atoms with Gasteiger partial charge in [-0.05, 0) is 38.3 Å². The van der Waals surface area contributed by atoms with Gasteiger partial charge in [-0.25, -0.2) is 18.6 Å². The smallest absolute Gasteiger partial charge is 0.326 e. The lowest BCUT2D eigenvalue weighted by molar-refractivity contribution is -0.126. The maximum absolute atomic E-state index is 12.8. The molecule has 1 aliphatic heterocycles. The van der Waals surface area contributed by atoms with Gasteiger partial charge in [-0.2, -0.15) is 4.31 Å². The fourth-order valence-electron chi connectivity index (χ4n) is 3.04. The molecule has 1 heterocycles. The zero-order valence-corrected chi connectivity index (χ0v) is 17.6. The third kappa shape index (κ3) is 5.68. The predicted octanol–water partition coefficient (Wildman–Crippen LogP) is 1.87. The van der Waals surface area contributed by atoms with Crippen LogP contribution in [0.2, 0.25) is 0 Å². The lowest BCUT2D eigenvalue weighted by atomic mass is 9.99. The van der Waals surface area contributed by atoms with E-state index in [1.165, 1.54) is 9.21 Å². The quantitative estimate of drug-likeness (QED) is 0.700. The predicted molar refractivity (Wildman–Crippen MR) is 107 cm³/mol. The normalized spacial score (nSPS) is 17.8. The van der Waals surface area contributed by atoms with Crippen LogP contribution in [0.25, 0.3) is 0 Å². The standard InChI is InChI=1S/C19H30N4O4S/c1-4-5-12-22(3)19(25)21-20-18(24)16-7-6-13-23(14-16)28(26,27)17-10-8-15(2)9-11-17/h8-11,16H,4-7,12-14H2,1-3H3,(H,20,24)(H,21,25)/t16-/m1/s1. The van der Waals surface area contributed by atoms with Crippen molar-refractivity contribution in [1.29, 1.82) is 0 Å². The van der Waals surface area contributed by atoms with E-state index in [2.05, 4.69) is 10.9 Å². The maximum atomic E-state index is 12.8. The van der Waals surface area contributed by atoms with Gasteiger partial charge in [0.15, 0.2) is 0 Å². The van der Waals surface area contributed by atoms with Crippen molar-refractivity contribution in [3.63, 3.8) is 0 Å². The van der Waals surface area contributed by atoms with Gasteiger partial charge < -0.3 is 4.90 Å². The molecule has 8 nitrogen and oxygen atoms in total. The number of carbonyl (C=O) groups excluding carboxylic acids is 2. The second kappa shape index (κ2) is 9.88. The van der Waals surface area contributed by atoms with E-state index in [0.717, 1.165) is 18.4 Å². The molecule has 0 bridgehead atoms. The first kappa shape index (κ1) is 22.2. The first-order valence-electron chi connectivity index (χ1n) is 9.63.